The molecule has 5 heteroatoms. The Kier molecular flexibility index (Phi) is 60.4. The minimum absolute atomic E-state index is 0.0107. The van der Waals surface area contributed by atoms with Crippen molar-refractivity contribution in [2.45, 2.75) is 385 Å². The van der Waals surface area contributed by atoms with Gasteiger partial charge in [-0.15, -0.1) is 0 Å². The normalized spacial score (nSPS) is 13.3. The smallest absolute Gasteiger partial charge is 0.222 e. The molecule has 0 spiro atoms. The Morgan fingerprint density at radius 2 is 0.606 bits per heavy atom. The van der Waals surface area contributed by atoms with Gasteiger partial charge in [-0.1, -0.05) is 353 Å². The maximum absolute atomic E-state index is 12.5. The molecule has 0 aliphatic carbocycles. The maximum atomic E-state index is 12.5. The molecule has 0 aromatic rings. The van der Waals surface area contributed by atoms with Crippen LogP contribution in [0.2, 0.25) is 0 Å². The number of allylic oxidation sites excluding steroid dienone is 3. The molecular formula is C66H129NO4. The van der Waals surface area contributed by atoms with E-state index in [1.807, 2.05) is 6.08 Å². The summed E-state index contributed by atoms with van der Waals surface area (Å²) in [5, 5.41) is 33.5. The summed E-state index contributed by atoms with van der Waals surface area (Å²) in [4.78, 5) is 12.5. The predicted molar refractivity (Wildman–Crippen MR) is 315 cm³/mol. The van der Waals surface area contributed by atoms with Gasteiger partial charge in [-0.3, -0.25) is 4.79 Å². The van der Waals surface area contributed by atoms with E-state index in [1.165, 1.54) is 308 Å². The molecule has 0 rings (SSSR count). The monoisotopic (exact) mass is 1000 g/mol. The van der Waals surface area contributed by atoms with Gasteiger partial charge < -0.3 is 20.6 Å². The van der Waals surface area contributed by atoms with Gasteiger partial charge in [0.05, 0.1) is 31.3 Å². The van der Waals surface area contributed by atoms with E-state index in [9.17, 15) is 20.1 Å². The highest BCUT2D eigenvalue weighted by molar-refractivity contribution is 5.76. The number of unbranched alkanes of at least 4 members (excludes halogenated alkanes) is 50. The summed E-state index contributed by atoms with van der Waals surface area (Å²) < 4.78 is 0. The molecule has 0 saturated heterocycles. The van der Waals surface area contributed by atoms with Crippen LogP contribution < -0.4 is 5.32 Å². The molecule has 3 unspecified atom stereocenters. The minimum atomic E-state index is -0.951. The summed E-state index contributed by atoms with van der Waals surface area (Å²) in [6.45, 7) is 4.25. The zero-order valence-electron chi connectivity index (χ0n) is 48.4. The highest BCUT2D eigenvalue weighted by Crippen LogP contribution is 2.19. The molecule has 0 aliphatic rings. The van der Waals surface area contributed by atoms with Crippen molar-refractivity contribution in [3.63, 3.8) is 0 Å². The number of amides is 1. The molecule has 0 aliphatic heterocycles. The van der Waals surface area contributed by atoms with Crippen molar-refractivity contribution in [3.8, 4) is 0 Å². The Labute approximate surface area is 445 Å². The molecule has 0 aromatic heterocycles. The number of aliphatic hydroxyl groups excluding tert-OH is 3. The van der Waals surface area contributed by atoms with Crippen LogP contribution >= 0.6 is 0 Å². The fourth-order valence-corrected chi connectivity index (χ4v) is 10.5. The number of hydrogen-bond acceptors (Lipinski definition) is 4. The lowest BCUT2D eigenvalue weighted by Crippen LogP contribution is -2.45. The van der Waals surface area contributed by atoms with E-state index in [4.69, 9.17) is 0 Å². The van der Waals surface area contributed by atoms with Crippen LogP contribution in [0, 0.1) is 0 Å². The first-order valence-electron chi connectivity index (χ1n) is 32.6. The molecule has 0 saturated carbocycles. The SMILES string of the molecule is CCCCCCCCCCCCCCCCC/C=C/CC/C=C/C(O)C(CO)NC(=O)CC(O)CCCCCCCCCCCCCCCCCCCCCCCCCCCCCCCCCCCCC. The van der Waals surface area contributed by atoms with Gasteiger partial charge in [0.25, 0.3) is 0 Å². The fraction of sp³-hybridized carbons (Fsp3) is 0.924. The molecule has 0 bridgehead atoms. The van der Waals surface area contributed by atoms with Gasteiger partial charge in [-0.25, -0.2) is 0 Å². The predicted octanol–water partition coefficient (Wildman–Crippen LogP) is 20.8. The van der Waals surface area contributed by atoms with Crippen LogP contribution in [0.1, 0.15) is 367 Å². The number of nitrogens with one attached hydrogen (secondary N) is 1. The van der Waals surface area contributed by atoms with Crippen molar-refractivity contribution in [3.05, 3.63) is 24.3 Å². The van der Waals surface area contributed by atoms with Gasteiger partial charge in [0.2, 0.25) is 5.91 Å². The van der Waals surface area contributed by atoms with Crippen molar-refractivity contribution in [1.82, 2.24) is 5.32 Å². The van der Waals surface area contributed by atoms with E-state index in [0.717, 1.165) is 32.1 Å². The number of aliphatic hydroxyl groups is 3. The minimum Gasteiger partial charge on any atom is -0.394 e. The molecule has 5 nitrogen and oxygen atoms in total. The third-order valence-corrected chi connectivity index (χ3v) is 15.5. The maximum Gasteiger partial charge on any atom is 0.222 e. The molecule has 0 radical (unpaired) electrons. The second-order valence-electron chi connectivity index (χ2n) is 22.7. The van der Waals surface area contributed by atoms with Crippen LogP contribution in [0.15, 0.2) is 24.3 Å². The quantitative estimate of drug-likeness (QED) is 0.0361. The molecule has 3 atom stereocenters. The van der Waals surface area contributed by atoms with E-state index in [-0.39, 0.29) is 18.9 Å². The number of rotatable bonds is 61. The van der Waals surface area contributed by atoms with E-state index >= 15 is 0 Å². The zero-order chi connectivity index (χ0) is 51.4. The molecule has 422 valence electrons. The topological polar surface area (TPSA) is 89.8 Å². The van der Waals surface area contributed by atoms with Crippen LogP contribution in [0.4, 0.5) is 0 Å². The standard InChI is InChI=1S/C66H129NO4/c1-3-5-7-9-11-13-15-17-19-21-23-25-26-27-28-29-30-31-32-33-34-35-36-37-38-40-41-43-45-47-49-51-53-55-57-59-63(69)61-66(71)67-64(62-68)65(70)60-58-56-54-52-50-48-46-44-42-39-24-22-20-18-16-14-12-10-8-6-4-2/h50,52,58,60,63-65,68-70H,3-49,51,53-57,59,61-62H2,1-2H3,(H,67,71)/b52-50+,60-58+. The molecule has 0 aromatic carbocycles. The Morgan fingerprint density at radius 3 is 0.901 bits per heavy atom. The summed E-state index contributed by atoms with van der Waals surface area (Å²) in [6, 6.07) is -0.760. The van der Waals surface area contributed by atoms with Crippen molar-refractivity contribution in [2.75, 3.05) is 6.61 Å². The number of carbonyl (C=O) groups is 1. The van der Waals surface area contributed by atoms with Crippen LogP contribution in [0.5, 0.6) is 0 Å². The lowest BCUT2D eigenvalue weighted by Gasteiger charge is -2.21. The van der Waals surface area contributed by atoms with Gasteiger partial charge in [0.1, 0.15) is 0 Å². The van der Waals surface area contributed by atoms with Crippen LogP contribution in [0.25, 0.3) is 0 Å². The van der Waals surface area contributed by atoms with Crippen molar-refractivity contribution < 1.29 is 20.1 Å². The van der Waals surface area contributed by atoms with Gasteiger partial charge >= 0.3 is 0 Å². The molecule has 4 N–H and O–H groups in total. The average Bonchev–Trinajstić information content (AvgIpc) is 3.37. The van der Waals surface area contributed by atoms with Crippen molar-refractivity contribution >= 4 is 5.91 Å². The first-order chi connectivity index (χ1) is 35.0. The van der Waals surface area contributed by atoms with Gasteiger partial charge in [0.15, 0.2) is 0 Å². The molecule has 71 heavy (non-hydrogen) atoms. The van der Waals surface area contributed by atoms with E-state index in [1.54, 1.807) is 6.08 Å². The van der Waals surface area contributed by atoms with Gasteiger partial charge in [-0.05, 0) is 32.1 Å². The van der Waals surface area contributed by atoms with Crippen LogP contribution in [-0.2, 0) is 4.79 Å². The molecule has 0 fully saturated rings. The first kappa shape index (κ1) is 69.8. The second kappa shape index (κ2) is 61.4. The summed E-state index contributed by atoms with van der Waals surface area (Å²) in [5.41, 5.74) is 0. The zero-order valence-corrected chi connectivity index (χ0v) is 48.4. The summed E-state index contributed by atoms with van der Waals surface area (Å²) >= 11 is 0. The lowest BCUT2D eigenvalue weighted by molar-refractivity contribution is -0.124. The summed E-state index contributed by atoms with van der Waals surface area (Å²) in [5.74, 6) is -0.318. The summed E-state index contributed by atoms with van der Waals surface area (Å²) in [6.07, 6.45) is 79.9. The second-order valence-corrected chi connectivity index (χ2v) is 22.7. The van der Waals surface area contributed by atoms with E-state index < -0.39 is 18.2 Å². The molecular weight excluding hydrogens is 871 g/mol. The fourth-order valence-electron chi connectivity index (χ4n) is 10.5. The third-order valence-electron chi connectivity index (χ3n) is 15.5. The van der Waals surface area contributed by atoms with Gasteiger partial charge in [0, 0.05) is 0 Å². The van der Waals surface area contributed by atoms with E-state index in [2.05, 4.69) is 31.3 Å². The Hall–Kier alpha value is -1.17. The van der Waals surface area contributed by atoms with Gasteiger partial charge in [-0.2, -0.15) is 0 Å². The third kappa shape index (κ3) is 58.0. The molecule has 0 heterocycles. The first-order valence-corrected chi connectivity index (χ1v) is 32.6. The highest BCUT2D eigenvalue weighted by atomic mass is 16.3. The Morgan fingerprint density at radius 1 is 0.352 bits per heavy atom. The summed E-state index contributed by atoms with van der Waals surface area (Å²) in [7, 11) is 0. The van der Waals surface area contributed by atoms with E-state index in [0.29, 0.717) is 6.42 Å². The highest BCUT2D eigenvalue weighted by Gasteiger charge is 2.20. The largest absolute Gasteiger partial charge is 0.394 e. The lowest BCUT2D eigenvalue weighted by atomic mass is 10.0. The van der Waals surface area contributed by atoms with Crippen molar-refractivity contribution in [2.24, 2.45) is 0 Å². The Balaban J connectivity index is 3.48. The average molecular weight is 1000 g/mol. The van der Waals surface area contributed by atoms with Crippen LogP contribution in [0.3, 0.4) is 0 Å². The van der Waals surface area contributed by atoms with Crippen molar-refractivity contribution in [1.29, 1.82) is 0 Å². The number of carbonyl (C=O) groups excluding carboxylic acids is 1. The molecule has 1 amide bonds. The number of hydrogen-bond donors (Lipinski definition) is 4. The Bertz CT molecular complexity index is 1060. The van der Waals surface area contributed by atoms with Crippen LogP contribution in [-0.4, -0.2) is 46.1 Å².